The van der Waals surface area contributed by atoms with Crippen molar-refractivity contribution in [3.05, 3.63) is 0 Å². The van der Waals surface area contributed by atoms with Crippen LogP contribution in [-0.4, -0.2) is 20.8 Å². The predicted octanol–water partition coefficient (Wildman–Crippen LogP) is 4.84. The lowest BCUT2D eigenvalue weighted by atomic mass is 10.1. The SMILES string of the molecule is CCCC[C@@H]1OCC[C@H]1[Si](C)(C)C(C)(C)C. The van der Waals surface area contributed by atoms with Gasteiger partial charge in [-0.2, -0.15) is 0 Å². The minimum atomic E-state index is -1.21. The third kappa shape index (κ3) is 2.89. The van der Waals surface area contributed by atoms with Gasteiger partial charge in [0.05, 0.1) is 14.2 Å². The number of hydrogen-bond donors (Lipinski definition) is 0. The first-order valence-electron chi connectivity index (χ1n) is 6.92. The van der Waals surface area contributed by atoms with Gasteiger partial charge < -0.3 is 4.74 Å². The lowest BCUT2D eigenvalue weighted by Crippen LogP contribution is -2.45. The first-order chi connectivity index (χ1) is 7.30. The van der Waals surface area contributed by atoms with Crippen LogP contribution < -0.4 is 0 Å². The average molecular weight is 242 g/mol. The summed E-state index contributed by atoms with van der Waals surface area (Å²) in [6.07, 6.45) is 5.79. The molecular formula is C14H30OSi. The molecular weight excluding hydrogens is 212 g/mol. The second-order valence-corrected chi connectivity index (χ2v) is 12.6. The maximum absolute atomic E-state index is 5.98. The minimum absolute atomic E-state index is 0.496. The van der Waals surface area contributed by atoms with E-state index in [2.05, 4.69) is 40.8 Å². The summed E-state index contributed by atoms with van der Waals surface area (Å²) in [7, 11) is -1.21. The van der Waals surface area contributed by atoms with E-state index < -0.39 is 8.07 Å². The van der Waals surface area contributed by atoms with Gasteiger partial charge in [-0.15, -0.1) is 0 Å². The van der Waals surface area contributed by atoms with Crippen LogP contribution in [0.1, 0.15) is 53.4 Å². The molecule has 0 aliphatic carbocycles. The molecule has 16 heavy (non-hydrogen) atoms. The fourth-order valence-corrected chi connectivity index (χ4v) is 5.86. The molecule has 0 unspecified atom stereocenters. The zero-order valence-corrected chi connectivity index (χ0v) is 13.1. The zero-order chi connectivity index (χ0) is 12.4. The maximum atomic E-state index is 5.98. The van der Waals surface area contributed by atoms with Crippen molar-refractivity contribution in [2.75, 3.05) is 6.61 Å². The van der Waals surface area contributed by atoms with Crippen LogP contribution in [0.3, 0.4) is 0 Å². The highest BCUT2D eigenvalue weighted by Gasteiger charge is 2.47. The van der Waals surface area contributed by atoms with Gasteiger partial charge in [-0.3, -0.25) is 0 Å². The van der Waals surface area contributed by atoms with Crippen molar-refractivity contribution in [2.45, 2.75) is 83.2 Å². The molecule has 0 amide bonds. The third-order valence-corrected chi connectivity index (χ3v) is 11.3. The second kappa shape index (κ2) is 5.22. The molecule has 1 aliphatic heterocycles. The van der Waals surface area contributed by atoms with E-state index in [1.54, 1.807) is 0 Å². The van der Waals surface area contributed by atoms with Gasteiger partial charge in [0.2, 0.25) is 0 Å². The Morgan fingerprint density at radius 2 is 1.88 bits per heavy atom. The molecule has 0 bridgehead atoms. The van der Waals surface area contributed by atoms with Crippen LogP contribution in [0.15, 0.2) is 0 Å². The Hall–Kier alpha value is 0.177. The summed E-state index contributed by atoms with van der Waals surface area (Å²) in [6, 6.07) is 0. The average Bonchev–Trinajstić information content (AvgIpc) is 2.61. The zero-order valence-electron chi connectivity index (χ0n) is 12.1. The Morgan fingerprint density at radius 1 is 1.25 bits per heavy atom. The highest BCUT2D eigenvalue weighted by molar-refractivity contribution is 6.81. The first-order valence-corrected chi connectivity index (χ1v) is 10.00. The highest BCUT2D eigenvalue weighted by atomic mass is 28.3. The Kier molecular flexibility index (Phi) is 4.64. The molecule has 1 heterocycles. The Labute approximate surface area is 103 Å². The summed E-state index contributed by atoms with van der Waals surface area (Å²) in [6.45, 7) is 15.7. The van der Waals surface area contributed by atoms with Crippen LogP contribution in [0.25, 0.3) is 0 Å². The van der Waals surface area contributed by atoms with Crippen LogP contribution in [0.5, 0.6) is 0 Å². The molecule has 0 saturated carbocycles. The molecule has 2 heteroatoms. The van der Waals surface area contributed by atoms with E-state index in [1.165, 1.54) is 25.7 Å². The summed E-state index contributed by atoms with van der Waals surface area (Å²) in [5, 5.41) is 0.496. The molecule has 0 aromatic rings. The third-order valence-electron chi connectivity index (χ3n) is 4.91. The standard InChI is InChI=1S/C14H30OSi/c1-7-8-9-12-13(10-11-15-12)16(5,6)14(2,3)4/h12-13H,7-11H2,1-6H3/t12-,13+/m0/s1. The lowest BCUT2D eigenvalue weighted by Gasteiger charge is -2.43. The molecule has 0 aromatic heterocycles. The second-order valence-electron chi connectivity index (χ2n) is 6.92. The van der Waals surface area contributed by atoms with Gasteiger partial charge in [-0.1, -0.05) is 53.6 Å². The molecule has 1 saturated heterocycles. The Balaban J connectivity index is 2.70. The topological polar surface area (TPSA) is 9.23 Å². The van der Waals surface area contributed by atoms with Gasteiger partial charge in [0.25, 0.3) is 0 Å². The monoisotopic (exact) mass is 242 g/mol. The summed E-state index contributed by atoms with van der Waals surface area (Å²) in [4.78, 5) is 0. The van der Waals surface area contributed by atoms with Crippen LogP contribution in [0.4, 0.5) is 0 Å². The lowest BCUT2D eigenvalue weighted by molar-refractivity contribution is 0.101. The van der Waals surface area contributed by atoms with E-state index in [9.17, 15) is 0 Å². The van der Waals surface area contributed by atoms with Gasteiger partial charge in [0, 0.05) is 6.61 Å². The molecule has 1 fully saturated rings. The summed E-state index contributed by atoms with van der Waals surface area (Å²) in [5.41, 5.74) is 0.874. The van der Waals surface area contributed by atoms with Gasteiger partial charge >= 0.3 is 0 Å². The van der Waals surface area contributed by atoms with Crippen molar-refractivity contribution in [1.82, 2.24) is 0 Å². The maximum Gasteiger partial charge on any atom is 0.0588 e. The summed E-state index contributed by atoms with van der Waals surface area (Å²) >= 11 is 0. The van der Waals surface area contributed by atoms with E-state index in [-0.39, 0.29) is 0 Å². The van der Waals surface area contributed by atoms with Crippen LogP contribution in [-0.2, 0) is 4.74 Å². The van der Waals surface area contributed by atoms with Gasteiger partial charge in [-0.05, 0) is 23.4 Å². The predicted molar refractivity (Wildman–Crippen MR) is 74.8 cm³/mol. The van der Waals surface area contributed by atoms with E-state index in [4.69, 9.17) is 4.74 Å². The molecule has 96 valence electrons. The molecule has 1 aliphatic rings. The number of hydrogen-bond acceptors (Lipinski definition) is 1. The van der Waals surface area contributed by atoms with E-state index >= 15 is 0 Å². The van der Waals surface area contributed by atoms with Crippen LogP contribution in [0, 0.1) is 0 Å². The molecule has 1 rings (SSSR count). The molecule has 0 spiro atoms. The van der Waals surface area contributed by atoms with Crippen molar-refractivity contribution in [2.24, 2.45) is 0 Å². The van der Waals surface area contributed by atoms with Gasteiger partial charge in [-0.25, -0.2) is 0 Å². The van der Waals surface area contributed by atoms with E-state index in [0.29, 0.717) is 11.1 Å². The van der Waals surface area contributed by atoms with E-state index in [0.717, 1.165) is 12.1 Å². The van der Waals surface area contributed by atoms with Crippen molar-refractivity contribution < 1.29 is 4.74 Å². The largest absolute Gasteiger partial charge is 0.378 e. The quantitative estimate of drug-likeness (QED) is 0.641. The van der Waals surface area contributed by atoms with Gasteiger partial charge in [0.1, 0.15) is 0 Å². The molecule has 0 N–H and O–H groups in total. The fourth-order valence-electron chi connectivity index (χ4n) is 2.72. The minimum Gasteiger partial charge on any atom is -0.378 e. The number of ether oxygens (including phenoxy) is 1. The normalized spacial score (nSPS) is 27.4. The van der Waals surface area contributed by atoms with Crippen LogP contribution >= 0.6 is 0 Å². The van der Waals surface area contributed by atoms with Gasteiger partial charge in [0.15, 0.2) is 0 Å². The van der Waals surface area contributed by atoms with E-state index in [1.807, 2.05) is 0 Å². The van der Waals surface area contributed by atoms with Crippen molar-refractivity contribution in [3.8, 4) is 0 Å². The Bertz CT molecular complexity index is 217. The van der Waals surface area contributed by atoms with Crippen LogP contribution in [0.2, 0.25) is 23.7 Å². The summed E-state index contributed by atoms with van der Waals surface area (Å²) < 4.78 is 5.98. The first kappa shape index (κ1) is 14.2. The number of rotatable bonds is 4. The molecule has 1 nitrogen and oxygen atoms in total. The molecule has 0 aromatic carbocycles. The molecule has 2 atom stereocenters. The molecule has 0 radical (unpaired) electrons. The van der Waals surface area contributed by atoms with Crippen molar-refractivity contribution >= 4 is 8.07 Å². The highest BCUT2D eigenvalue weighted by Crippen LogP contribution is 2.49. The summed E-state index contributed by atoms with van der Waals surface area (Å²) in [5.74, 6) is 0. The smallest absolute Gasteiger partial charge is 0.0588 e. The number of unbranched alkanes of at least 4 members (excludes halogenated alkanes) is 1. The van der Waals surface area contributed by atoms with Crippen molar-refractivity contribution in [1.29, 1.82) is 0 Å². The Morgan fingerprint density at radius 3 is 2.38 bits per heavy atom. The van der Waals surface area contributed by atoms with Crippen molar-refractivity contribution in [3.63, 3.8) is 0 Å². The fraction of sp³-hybridized carbons (Fsp3) is 1.00.